The standard InChI is InChI=1S/C22H28N2O3S/c1-14-6-7-17-13-19(12-15(2)20(14)17)23-21(25)16-8-10-18(11-9-16)24-28(26,27)22(3,4)5/h8-14,24H,6-7H2,1-5H3,(H,23,25). The number of anilines is 2. The number of nitrogens with one attached hydrogen (secondary N) is 2. The largest absolute Gasteiger partial charge is 0.322 e. The molecule has 0 bridgehead atoms. The molecule has 0 fully saturated rings. The maximum Gasteiger partial charge on any atom is 0.255 e. The molecule has 0 saturated carbocycles. The van der Waals surface area contributed by atoms with E-state index in [-0.39, 0.29) is 5.91 Å². The van der Waals surface area contributed by atoms with E-state index in [1.165, 1.54) is 16.7 Å². The SMILES string of the molecule is Cc1cc(NC(=O)c2ccc(NS(=O)(=O)C(C)(C)C)cc2)cc2c1C(C)CC2. The third-order valence-corrected chi connectivity index (χ3v) is 7.39. The summed E-state index contributed by atoms with van der Waals surface area (Å²) in [5, 5.41) is 2.96. The number of rotatable bonds is 4. The Kier molecular flexibility index (Phi) is 5.28. The molecule has 0 saturated heterocycles. The van der Waals surface area contributed by atoms with Gasteiger partial charge in [-0.2, -0.15) is 0 Å². The van der Waals surface area contributed by atoms with Crippen molar-refractivity contribution in [1.29, 1.82) is 0 Å². The summed E-state index contributed by atoms with van der Waals surface area (Å²) in [6.07, 6.45) is 2.20. The van der Waals surface area contributed by atoms with Crippen molar-refractivity contribution < 1.29 is 13.2 Å². The Bertz CT molecular complexity index is 1000. The van der Waals surface area contributed by atoms with E-state index in [0.717, 1.165) is 18.5 Å². The third-order valence-electron chi connectivity index (χ3n) is 5.28. The van der Waals surface area contributed by atoms with Gasteiger partial charge in [-0.05, 0) is 99.5 Å². The normalized spacial score (nSPS) is 16.5. The molecule has 2 aromatic rings. The van der Waals surface area contributed by atoms with Crippen molar-refractivity contribution >= 4 is 27.3 Å². The van der Waals surface area contributed by atoms with Crippen LogP contribution in [0.3, 0.4) is 0 Å². The van der Waals surface area contributed by atoms with Crippen LogP contribution in [0.25, 0.3) is 0 Å². The highest BCUT2D eigenvalue weighted by Crippen LogP contribution is 2.37. The molecule has 1 aliphatic carbocycles. The van der Waals surface area contributed by atoms with Crippen LogP contribution in [0.4, 0.5) is 11.4 Å². The van der Waals surface area contributed by atoms with Gasteiger partial charge in [-0.15, -0.1) is 0 Å². The Morgan fingerprint density at radius 3 is 2.32 bits per heavy atom. The molecule has 2 N–H and O–H groups in total. The van der Waals surface area contributed by atoms with Gasteiger partial charge in [0.1, 0.15) is 0 Å². The van der Waals surface area contributed by atoms with Gasteiger partial charge in [-0.3, -0.25) is 9.52 Å². The second-order valence-corrected chi connectivity index (χ2v) is 11.0. The Morgan fingerprint density at radius 1 is 1.07 bits per heavy atom. The molecule has 0 aliphatic heterocycles. The summed E-state index contributed by atoms with van der Waals surface area (Å²) in [5.41, 5.74) is 5.65. The summed E-state index contributed by atoms with van der Waals surface area (Å²) in [6, 6.07) is 10.5. The Balaban J connectivity index is 1.73. The summed E-state index contributed by atoms with van der Waals surface area (Å²) in [6.45, 7) is 9.24. The molecule has 5 nitrogen and oxygen atoms in total. The molecule has 3 rings (SSSR count). The fourth-order valence-electron chi connectivity index (χ4n) is 3.57. The van der Waals surface area contributed by atoms with Crippen molar-refractivity contribution in [3.63, 3.8) is 0 Å². The monoisotopic (exact) mass is 400 g/mol. The van der Waals surface area contributed by atoms with Crippen molar-refractivity contribution in [3.05, 3.63) is 58.7 Å². The van der Waals surface area contributed by atoms with Crippen molar-refractivity contribution in [3.8, 4) is 0 Å². The fourth-order valence-corrected chi connectivity index (χ4v) is 4.33. The van der Waals surface area contributed by atoms with Gasteiger partial charge in [0.25, 0.3) is 5.91 Å². The quantitative estimate of drug-likeness (QED) is 0.771. The highest BCUT2D eigenvalue weighted by molar-refractivity contribution is 7.94. The lowest BCUT2D eigenvalue weighted by Gasteiger charge is -2.20. The first-order valence-electron chi connectivity index (χ1n) is 9.55. The van der Waals surface area contributed by atoms with E-state index in [1.807, 2.05) is 6.07 Å². The molecule has 1 atom stereocenters. The molecule has 0 heterocycles. The number of sulfonamides is 1. The molecule has 0 radical (unpaired) electrons. The second-order valence-electron chi connectivity index (χ2n) is 8.56. The molecule has 1 aliphatic rings. The molecule has 150 valence electrons. The number of carbonyl (C=O) groups excluding carboxylic acids is 1. The van der Waals surface area contributed by atoms with Crippen LogP contribution >= 0.6 is 0 Å². The first-order valence-corrected chi connectivity index (χ1v) is 11.0. The van der Waals surface area contributed by atoms with E-state index < -0.39 is 14.8 Å². The van der Waals surface area contributed by atoms with Crippen LogP contribution in [0.1, 0.15) is 67.1 Å². The average molecular weight is 401 g/mol. The van der Waals surface area contributed by atoms with Gasteiger partial charge in [-0.1, -0.05) is 6.92 Å². The van der Waals surface area contributed by atoms with Gasteiger partial charge in [0.2, 0.25) is 10.0 Å². The molecular weight excluding hydrogens is 372 g/mol. The first-order chi connectivity index (χ1) is 13.0. The number of benzene rings is 2. The maximum absolute atomic E-state index is 12.6. The zero-order valence-corrected chi connectivity index (χ0v) is 17.9. The molecule has 0 aromatic heterocycles. The van der Waals surface area contributed by atoms with Crippen LogP contribution in [0, 0.1) is 6.92 Å². The van der Waals surface area contributed by atoms with Crippen molar-refractivity contribution in [2.75, 3.05) is 10.0 Å². The number of hydrogen-bond donors (Lipinski definition) is 2. The highest BCUT2D eigenvalue weighted by Gasteiger charge is 2.29. The predicted molar refractivity (Wildman–Crippen MR) is 115 cm³/mol. The summed E-state index contributed by atoms with van der Waals surface area (Å²) in [4.78, 5) is 12.6. The summed E-state index contributed by atoms with van der Waals surface area (Å²) < 4.78 is 26.1. The molecule has 1 unspecified atom stereocenters. The van der Waals surface area contributed by atoms with Gasteiger partial charge < -0.3 is 5.32 Å². The Morgan fingerprint density at radius 2 is 1.71 bits per heavy atom. The molecule has 2 aromatic carbocycles. The minimum atomic E-state index is -3.50. The van der Waals surface area contributed by atoms with Crippen molar-refractivity contribution in [1.82, 2.24) is 0 Å². The zero-order chi connectivity index (χ0) is 20.7. The Labute approximate surface area is 167 Å². The van der Waals surface area contributed by atoms with Crippen LogP contribution in [-0.4, -0.2) is 19.1 Å². The number of carbonyl (C=O) groups is 1. The Hall–Kier alpha value is -2.34. The van der Waals surface area contributed by atoms with E-state index in [1.54, 1.807) is 45.0 Å². The summed E-state index contributed by atoms with van der Waals surface area (Å²) in [7, 11) is -3.50. The van der Waals surface area contributed by atoms with E-state index in [9.17, 15) is 13.2 Å². The lowest BCUT2D eigenvalue weighted by atomic mass is 9.97. The number of fused-ring (bicyclic) bond motifs is 1. The van der Waals surface area contributed by atoms with Gasteiger partial charge in [0.15, 0.2) is 0 Å². The molecular formula is C22H28N2O3S. The smallest absolute Gasteiger partial charge is 0.255 e. The fraction of sp³-hybridized carbons (Fsp3) is 0.409. The van der Waals surface area contributed by atoms with Gasteiger partial charge in [0.05, 0.1) is 4.75 Å². The third kappa shape index (κ3) is 4.07. The number of aryl methyl sites for hydroxylation is 2. The molecule has 0 spiro atoms. The van der Waals surface area contributed by atoms with Crippen LogP contribution in [0.15, 0.2) is 36.4 Å². The van der Waals surface area contributed by atoms with Crippen molar-refractivity contribution in [2.45, 2.75) is 58.1 Å². The van der Waals surface area contributed by atoms with Crippen LogP contribution in [0.2, 0.25) is 0 Å². The summed E-state index contributed by atoms with van der Waals surface area (Å²) in [5.74, 6) is 0.361. The maximum atomic E-state index is 12.6. The topological polar surface area (TPSA) is 75.3 Å². The summed E-state index contributed by atoms with van der Waals surface area (Å²) >= 11 is 0. The van der Waals surface area contributed by atoms with Crippen LogP contribution < -0.4 is 10.0 Å². The number of amides is 1. The van der Waals surface area contributed by atoms with Gasteiger partial charge in [0, 0.05) is 16.9 Å². The second kappa shape index (κ2) is 7.24. The minimum Gasteiger partial charge on any atom is -0.322 e. The van der Waals surface area contributed by atoms with E-state index in [2.05, 4.69) is 30.0 Å². The van der Waals surface area contributed by atoms with Crippen LogP contribution in [0.5, 0.6) is 0 Å². The van der Waals surface area contributed by atoms with E-state index in [0.29, 0.717) is 17.2 Å². The van der Waals surface area contributed by atoms with E-state index >= 15 is 0 Å². The first kappa shape index (κ1) is 20.4. The number of hydrogen-bond acceptors (Lipinski definition) is 3. The molecule has 28 heavy (non-hydrogen) atoms. The highest BCUT2D eigenvalue weighted by atomic mass is 32.2. The van der Waals surface area contributed by atoms with Crippen molar-refractivity contribution in [2.24, 2.45) is 0 Å². The lowest BCUT2D eigenvalue weighted by molar-refractivity contribution is 0.102. The van der Waals surface area contributed by atoms with Crippen LogP contribution in [-0.2, 0) is 16.4 Å². The zero-order valence-electron chi connectivity index (χ0n) is 17.1. The molecule has 6 heteroatoms. The lowest BCUT2D eigenvalue weighted by Crippen LogP contribution is -2.33. The van der Waals surface area contributed by atoms with Gasteiger partial charge >= 0.3 is 0 Å². The van der Waals surface area contributed by atoms with E-state index in [4.69, 9.17) is 0 Å². The van der Waals surface area contributed by atoms with Gasteiger partial charge in [-0.25, -0.2) is 8.42 Å². The average Bonchev–Trinajstić information content (AvgIpc) is 2.95. The minimum absolute atomic E-state index is 0.212. The predicted octanol–water partition coefficient (Wildman–Crippen LogP) is 4.84. The molecule has 1 amide bonds.